The van der Waals surface area contributed by atoms with Gasteiger partial charge in [0, 0.05) is 19.1 Å². The molecule has 1 rings (SSSR count). The Bertz CT molecular complexity index is 245. The molecule has 0 N–H and O–H groups in total. The van der Waals surface area contributed by atoms with E-state index in [0.29, 0.717) is 0 Å². The number of carbonyl (C=O) groups is 3. The molecule has 0 bridgehead atoms. The van der Waals surface area contributed by atoms with Gasteiger partial charge >= 0.3 is 18.2 Å². The van der Waals surface area contributed by atoms with E-state index in [2.05, 4.69) is 9.47 Å². The van der Waals surface area contributed by atoms with Gasteiger partial charge in [0.1, 0.15) is 0 Å². The van der Waals surface area contributed by atoms with Crippen molar-refractivity contribution in [2.45, 2.75) is 13.2 Å². The van der Waals surface area contributed by atoms with Crippen LogP contribution in [0, 0.1) is 0 Å². The lowest BCUT2D eigenvalue weighted by Crippen LogP contribution is -2.27. The molecule has 0 aromatic carbocycles. The molecule has 1 heterocycles. The maximum Gasteiger partial charge on any atom is 0.334 e. The van der Waals surface area contributed by atoms with Crippen molar-refractivity contribution in [2.24, 2.45) is 0 Å². The molecule has 0 saturated heterocycles. The number of ether oxygens (including phenoxy) is 2. The molecule has 0 aromatic rings. The predicted molar refractivity (Wildman–Crippen MR) is 35.8 cm³/mol. The predicted octanol–water partition coefficient (Wildman–Crippen LogP) is -0.442. The maximum absolute atomic E-state index is 10.7. The van der Waals surface area contributed by atoms with Crippen LogP contribution in [0.3, 0.4) is 0 Å². The first-order valence-corrected chi connectivity index (χ1v) is 3.19. The van der Waals surface area contributed by atoms with E-state index in [1.807, 2.05) is 0 Å². The van der Waals surface area contributed by atoms with Crippen molar-refractivity contribution in [3.8, 4) is 0 Å². The lowest BCUT2D eigenvalue weighted by Gasteiger charge is -2.10. The van der Waals surface area contributed by atoms with Crippen molar-refractivity contribution in [1.29, 1.82) is 0 Å². The summed E-state index contributed by atoms with van der Waals surface area (Å²) >= 11 is 0. The second-order valence-electron chi connectivity index (χ2n) is 2.15. The topological polar surface area (TPSA) is 69.7 Å². The Labute approximate surface area is 67.9 Å². The third kappa shape index (κ3) is 1.91. The van der Waals surface area contributed by atoms with E-state index >= 15 is 0 Å². The summed E-state index contributed by atoms with van der Waals surface area (Å²) in [6.45, 7) is 1.16. The zero-order chi connectivity index (χ0) is 9.14. The van der Waals surface area contributed by atoms with E-state index in [9.17, 15) is 14.4 Å². The molecule has 0 aromatic heterocycles. The van der Waals surface area contributed by atoms with Crippen LogP contribution in [-0.4, -0.2) is 24.0 Å². The maximum atomic E-state index is 10.7. The number of Topliss-reactive ketones (excluding diaryl/α,β-unsaturated/α-hetero) is 1. The van der Waals surface area contributed by atoms with E-state index in [-0.39, 0.29) is 0 Å². The molecule has 5 nitrogen and oxygen atoms in total. The molecule has 5 heteroatoms. The molecule has 12 heavy (non-hydrogen) atoms. The van der Waals surface area contributed by atoms with Gasteiger partial charge in [-0.3, -0.25) is 4.79 Å². The van der Waals surface area contributed by atoms with Crippen LogP contribution in [0.2, 0.25) is 0 Å². The van der Waals surface area contributed by atoms with Gasteiger partial charge < -0.3 is 9.47 Å². The van der Waals surface area contributed by atoms with Crippen LogP contribution >= 0.6 is 0 Å². The van der Waals surface area contributed by atoms with Gasteiger partial charge in [-0.25, -0.2) is 9.59 Å². The minimum Gasteiger partial charge on any atom is -0.414 e. The van der Waals surface area contributed by atoms with Gasteiger partial charge in [0.2, 0.25) is 5.78 Å². The van der Waals surface area contributed by atoms with Crippen LogP contribution in [0.4, 0.5) is 0 Å². The zero-order valence-electron chi connectivity index (χ0n) is 6.27. The highest BCUT2D eigenvalue weighted by molar-refractivity contribution is 5.96. The van der Waals surface area contributed by atoms with E-state index in [1.54, 1.807) is 0 Å². The Morgan fingerprint density at radius 1 is 1.25 bits per heavy atom. The molecule has 0 amide bonds. The van der Waals surface area contributed by atoms with Gasteiger partial charge in [-0.05, 0) is 0 Å². The molecule has 64 valence electrons. The third-order valence-corrected chi connectivity index (χ3v) is 1.13. The minimum absolute atomic E-state index is 0.527. The summed E-state index contributed by atoms with van der Waals surface area (Å²) in [5, 5.41) is 0. The van der Waals surface area contributed by atoms with Gasteiger partial charge in [-0.1, -0.05) is 0 Å². The Morgan fingerprint density at radius 3 is 2.00 bits per heavy atom. The first-order chi connectivity index (χ1) is 5.59. The number of rotatable bonds is 1. The minimum atomic E-state index is -1.40. The lowest BCUT2D eigenvalue weighted by atomic mass is 10.4. The van der Waals surface area contributed by atoms with Crippen LogP contribution in [-0.2, 0) is 23.9 Å². The molecule has 0 aliphatic carbocycles. The largest absolute Gasteiger partial charge is 0.414 e. The molecule has 1 aliphatic rings. The fraction of sp³-hybridized carbons (Fsp3) is 0.286. The fourth-order valence-electron chi connectivity index (χ4n) is 0.616. The third-order valence-electron chi connectivity index (χ3n) is 1.13. The van der Waals surface area contributed by atoms with Crippen LogP contribution < -0.4 is 0 Å². The highest BCUT2D eigenvalue weighted by atomic mass is 16.7. The van der Waals surface area contributed by atoms with E-state index in [4.69, 9.17) is 0 Å². The van der Waals surface area contributed by atoms with Crippen LogP contribution in [0.15, 0.2) is 12.2 Å². The second kappa shape index (κ2) is 3.17. The zero-order valence-corrected chi connectivity index (χ0v) is 6.27. The summed E-state index contributed by atoms with van der Waals surface area (Å²) in [5.41, 5.74) is 0. The summed E-state index contributed by atoms with van der Waals surface area (Å²) < 4.78 is 8.85. The number of cyclic esters (lactones) is 2. The number of hydrogen-bond donors (Lipinski definition) is 0. The molecule has 0 unspecified atom stereocenters. The Balaban J connectivity index is 2.77. The van der Waals surface area contributed by atoms with Gasteiger partial charge in [0.25, 0.3) is 0 Å². The van der Waals surface area contributed by atoms with E-state index < -0.39 is 24.0 Å². The second-order valence-corrected chi connectivity index (χ2v) is 2.15. The van der Waals surface area contributed by atoms with Gasteiger partial charge in [0.15, 0.2) is 0 Å². The number of hydrogen-bond acceptors (Lipinski definition) is 5. The molecule has 0 saturated carbocycles. The number of carbonyl (C=O) groups excluding carboxylic acids is 3. The Hall–Kier alpha value is -1.65. The van der Waals surface area contributed by atoms with E-state index in [0.717, 1.165) is 19.1 Å². The first-order valence-electron chi connectivity index (χ1n) is 3.19. The highest BCUT2D eigenvalue weighted by Crippen LogP contribution is 2.03. The molecule has 0 radical (unpaired) electrons. The first kappa shape index (κ1) is 8.45. The van der Waals surface area contributed by atoms with Crippen LogP contribution in [0.25, 0.3) is 0 Å². The Morgan fingerprint density at radius 2 is 1.67 bits per heavy atom. The average molecular weight is 170 g/mol. The van der Waals surface area contributed by atoms with Crippen molar-refractivity contribution in [2.75, 3.05) is 0 Å². The van der Waals surface area contributed by atoms with Crippen LogP contribution in [0.1, 0.15) is 6.92 Å². The molecular formula is C7H6O5. The average Bonchev–Trinajstić information content (AvgIpc) is 2.13. The standard InChI is InChI=1S/C7H6O5/c1-4(8)7-11-5(9)2-3-6(10)12-7/h2-3,7H,1H3. The highest BCUT2D eigenvalue weighted by Gasteiger charge is 2.24. The van der Waals surface area contributed by atoms with Crippen molar-refractivity contribution >= 4 is 17.7 Å². The van der Waals surface area contributed by atoms with Crippen molar-refractivity contribution in [3.05, 3.63) is 12.2 Å². The van der Waals surface area contributed by atoms with Gasteiger partial charge in [0.05, 0.1) is 0 Å². The molecular weight excluding hydrogens is 164 g/mol. The molecule has 0 fully saturated rings. The SMILES string of the molecule is CC(=O)C1OC(=O)C=CC(=O)O1. The van der Waals surface area contributed by atoms with Crippen molar-refractivity contribution < 1.29 is 23.9 Å². The van der Waals surface area contributed by atoms with Crippen molar-refractivity contribution in [1.82, 2.24) is 0 Å². The normalized spacial score (nSPS) is 18.1. The van der Waals surface area contributed by atoms with Crippen LogP contribution in [0.5, 0.6) is 0 Å². The number of ketones is 1. The monoisotopic (exact) mass is 170 g/mol. The molecule has 1 aliphatic heterocycles. The summed E-state index contributed by atoms with van der Waals surface area (Å²) in [7, 11) is 0. The summed E-state index contributed by atoms with van der Waals surface area (Å²) in [5.74, 6) is -2.05. The Kier molecular flexibility index (Phi) is 2.23. The van der Waals surface area contributed by atoms with Gasteiger partial charge in [-0.15, -0.1) is 0 Å². The summed E-state index contributed by atoms with van der Waals surface area (Å²) in [4.78, 5) is 32.0. The summed E-state index contributed by atoms with van der Waals surface area (Å²) in [6, 6.07) is 0. The molecule has 0 spiro atoms. The van der Waals surface area contributed by atoms with Crippen molar-refractivity contribution in [3.63, 3.8) is 0 Å². The van der Waals surface area contributed by atoms with Gasteiger partial charge in [-0.2, -0.15) is 0 Å². The smallest absolute Gasteiger partial charge is 0.334 e. The molecule has 0 atom stereocenters. The number of esters is 2. The summed E-state index contributed by atoms with van der Waals surface area (Å²) in [6.07, 6.45) is 0.413. The lowest BCUT2D eigenvalue weighted by molar-refractivity contribution is -0.183. The fourth-order valence-corrected chi connectivity index (χ4v) is 0.616. The quantitative estimate of drug-likeness (QED) is 0.499. The van der Waals surface area contributed by atoms with E-state index in [1.165, 1.54) is 0 Å².